The van der Waals surface area contributed by atoms with E-state index in [1.165, 1.54) is 0 Å². The van der Waals surface area contributed by atoms with Gasteiger partial charge in [0, 0.05) is 17.3 Å². The van der Waals surface area contributed by atoms with Crippen LogP contribution in [0.2, 0.25) is 0 Å². The number of alkyl halides is 2. The Morgan fingerprint density at radius 2 is 2.29 bits per heavy atom. The molecule has 1 aromatic rings. The first-order chi connectivity index (χ1) is 6.52. The molecular weight excluding hydrogens is 260 g/mol. The van der Waals surface area contributed by atoms with E-state index in [0.717, 1.165) is 5.30 Å². The first-order valence-electron chi connectivity index (χ1n) is 3.81. The molecule has 1 atom stereocenters. The van der Waals surface area contributed by atoms with Crippen molar-refractivity contribution in [2.24, 2.45) is 5.73 Å². The summed E-state index contributed by atoms with van der Waals surface area (Å²) in [4.78, 5) is 11.2. The number of Topliss-reactive ketones (excluding diaryl/α,β-unsaturated/α-hetero) is 1. The fourth-order valence-corrected chi connectivity index (χ4v) is 2.56. The lowest BCUT2D eigenvalue weighted by Crippen LogP contribution is -2.13. The Balaban J connectivity index is 2.90. The fraction of sp³-hybridized carbons (Fsp3) is 0.250. The van der Waals surface area contributed by atoms with E-state index >= 15 is 0 Å². The van der Waals surface area contributed by atoms with Crippen LogP contribution < -0.4 is 5.73 Å². The zero-order valence-electron chi connectivity index (χ0n) is 7.09. The van der Waals surface area contributed by atoms with Gasteiger partial charge in [0.1, 0.15) is 9.82 Å². The zero-order valence-corrected chi connectivity index (χ0v) is 10.4. The number of hydrogen-bond donors (Lipinski definition) is 1. The third kappa shape index (κ3) is 2.96. The molecule has 2 nitrogen and oxygen atoms in total. The van der Waals surface area contributed by atoms with Crippen molar-refractivity contribution in [1.29, 1.82) is 0 Å². The Kier molecular flexibility index (Phi) is 4.39. The summed E-state index contributed by atoms with van der Waals surface area (Å²) < 4.78 is 0. The molecule has 0 bridgehead atoms. The summed E-state index contributed by atoms with van der Waals surface area (Å²) in [6, 6.07) is 1.73. The topological polar surface area (TPSA) is 43.1 Å². The number of nitrogens with two attached hydrogens (primary N) is 1. The summed E-state index contributed by atoms with van der Waals surface area (Å²) in [6.07, 6.45) is 0.0966. The van der Waals surface area contributed by atoms with Gasteiger partial charge in [0.05, 0.1) is 0 Å². The largest absolute Gasteiger partial charge is 0.389 e. The van der Waals surface area contributed by atoms with Crippen molar-refractivity contribution in [2.75, 3.05) is 0 Å². The third-order valence-electron chi connectivity index (χ3n) is 1.63. The van der Waals surface area contributed by atoms with Gasteiger partial charge in [-0.3, -0.25) is 4.79 Å². The van der Waals surface area contributed by atoms with E-state index in [0.29, 0.717) is 13.8 Å². The average Bonchev–Trinajstić information content (AvgIpc) is 2.49. The molecule has 14 heavy (non-hydrogen) atoms. The van der Waals surface area contributed by atoms with Crippen LogP contribution in [-0.2, 0) is 0 Å². The highest BCUT2D eigenvalue weighted by Crippen LogP contribution is 2.24. The number of rotatable bonds is 4. The highest BCUT2D eigenvalue weighted by atomic mass is 35.5. The maximum atomic E-state index is 11.6. The Morgan fingerprint density at radius 1 is 1.64 bits per heavy atom. The van der Waals surface area contributed by atoms with Gasteiger partial charge in [-0.25, -0.2) is 0 Å². The molecule has 0 aliphatic carbocycles. The molecule has 0 spiro atoms. The molecule has 1 heterocycles. The summed E-state index contributed by atoms with van der Waals surface area (Å²) in [6.45, 7) is 0. The van der Waals surface area contributed by atoms with E-state index in [4.69, 9.17) is 41.2 Å². The molecule has 0 aliphatic heterocycles. The van der Waals surface area contributed by atoms with Crippen molar-refractivity contribution in [3.05, 3.63) is 22.7 Å². The Hall–Kier alpha value is -0.0800. The highest BCUT2D eigenvalue weighted by molar-refractivity contribution is 7.81. The van der Waals surface area contributed by atoms with Crippen molar-refractivity contribution in [3.8, 4) is 0 Å². The van der Waals surface area contributed by atoms with Gasteiger partial charge < -0.3 is 5.73 Å². The second kappa shape index (κ2) is 5.13. The summed E-state index contributed by atoms with van der Waals surface area (Å²) in [5, 5.41) is 0.735. The van der Waals surface area contributed by atoms with Gasteiger partial charge in [-0.1, -0.05) is 12.2 Å². The van der Waals surface area contributed by atoms with Crippen molar-refractivity contribution in [2.45, 2.75) is 11.3 Å². The molecule has 0 amide bonds. The maximum absolute atomic E-state index is 11.6. The Labute approximate surface area is 98.8 Å². The quantitative estimate of drug-likeness (QED) is 0.518. The van der Waals surface area contributed by atoms with Crippen LogP contribution in [0.4, 0.5) is 0 Å². The smallest absolute Gasteiger partial charge is 0.166 e. The molecule has 1 unspecified atom stereocenters. The predicted octanol–water partition coefficient (Wildman–Crippen LogP) is 2.73. The summed E-state index contributed by atoms with van der Waals surface area (Å²) >= 11 is 15.9. The molecule has 0 radical (unpaired) electrons. The lowest BCUT2D eigenvalue weighted by Gasteiger charge is -2.02. The number of thiocarbonyl (C=S) groups is 1. The van der Waals surface area contributed by atoms with E-state index in [9.17, 15) is 4.79 Å². The number of ketones is 1. The van der Waals surface area contributed by atoms with Gasteiger partial charge in [-0.2, -0.15) is 0 Å². The van der Waals surface area contributed by atoms with Gasteiger partial charge in [-0.05, 0) is 11.9 Å². The van der Waals surface area contributed by atoms with E-state index in [1.54, 1.807) is 6.07 Å². The molecule has 6 heteroatoms. The lowest BCUT2D eigenvalue weighted by molar-refractivity contribution is 0.0987. The first kappa shape index (κ1) is 12.0. The fourth-order valence-electron chi connectivity index (χ4n) is 1.06. The molecule has 0 saturated heterocycles. The van der Waals surface area contributed by atoms with Crippen LogP contribution in [0.3, 0.4) is 0 Å². The van der Waals surface area contributed by atoms with Crippen molar-refractivity contribution in [3.63, 3.8) is 0 Å². The number of hydrogen-bond acceptors (Lipinski definition) is 2. The molecular formula is C8H8Cl2NOPS. The van der Waals surface area contributed by atoms with Crippen LogP contribution in [0.15, 0.2) is 11.9 Å². The van der Waals surface area contributed by atoms with Crippen molar-refractivity contribution < 1.29 is 4.79 Å². The van der Waals surface area contributed by atoms with Gasteiger partial charge >= 0.3 is 0 Å². The normalized spacial score (nSPS) is 11.1. The first-order valence-corrected chi connectivity index (χ1v) is 6.16. The molecule has 1 rings (SSSR count). The molecule has 76 valence electrons. The van der Waals surface area contributed by atoms with Gasteiger partial charge in [-0.15, -0.1) is 31.4 Å². The van der Waals surface area contributed by atoms with Crippen LogP contribution in [0.5, 0.6) is 0 Å². The zero-order chi connectivity index (χ0) is 10.7. The predicted molar refractivity (Wildman–Crippen MR) is 66.3 cm³/mol. The van der Waals surface area contributed by atoms with E-state index in [-0.39, 0.29) is 17.2 Å². The van der Waals surface area contributed by atoms with Crippen LogP contribution in [0.1, 0.15) is 22.1 Å². The number of halogens is 2. The van der Waals surface area contributed by atoms with Gasteiger partial charge in [0.15, 0.2) is 5.78 Å². The maximum Gasteiger partial charge on any atom is 0.166 e. The minimum Gasteiger partial charge on any atom is -0.389 e. The molecule has 1 aromatic heterocycles. The Morgan fingerprint density at radius 3 is 2.79 bits per heavy atom. The van der Waals surface area contributed by atoms with Crippen LogP contribution in [0, 0.1) is 0 Å². The minimum absolute atomic E-state index is 0.0966. The Bertz CT molecular complexity index is 364. The molecule has 0 fully saturated rings. The molecule has 0 saturated carbocycles. The lowest BCUT2D eigenvalue weighted by atomic mass is 10.1. The van der Waals surface area contributed by atoms with E-state index in [2.05, 4.69) is 0 Å². The van der Waals surface area contributed by atoms with Crippen LogP contribution in [-0.4, -0.2) is 15.6 Å². The van der Waals surface area contributed by atoms with Crippen LogP contribution in [0.25, 0.3) is 0 Å². The molecule has 0 aromatic carbocycles. The monoisotopic (exact) mass is 267 g/mol. The van der Waals surface area contributed by atoms with E-state index < -0.39 is 4.84 Å². The minimum atomic E-state index is -0.681. The summed E-state index contributed by atoms with van der Waals surface area (Å²) in [7, 11) is 0.376. The highest BCUT2D eigenvalue weighted by Gasteiger charge is 2.16. The standard InChI is InChI=1S/C8H8Cl2NOPS/c9-6(10)3-5(12)4-1-2-13-7(4)8(11)14/h1-2,6,13H,3H2,(H2,11,14). The molecule has 0 aliphatic rings. The van der Waals surface area contributed by atoms with Crippen LogP contribution >= 0.6 is 43.6 Å². The summed E-state index contributed by atoms with van der Waals surface area (Å²) in [5.74, 6) is 1.77. The second-order valence-corrected chi connectivity index (χ2v) is 5.49. The number of carbonyl (C=O) groups excluding carboxylic acids is 1. The molecule has 2 N–H and O–H groups in total. The summed E-state index contributed by atoms with van der Waals surface area (Å²) in [5.41, 5.74) is 6.04. The van der Waals surface area contributed by atoms with Crippen molar-refractivity contribution in [1.82, 2.24) is 0 Å². The SMILES string of the molecule is NC(=S)c1[pH]ccc1C(=O)CC(Cl)Cl. The average molecular weight is 268 g/mol. The van der Waals surface area contributed by atoms with Gasteiger partial charge in [0.2, 0.25) is 0 Å². The number of carbonyl (C=O) groups is 1. The van der Waals surface area contributed by atoms with Gasteiger partial charge in [0.25, 0.3) is 0 Å². The van der Waals surface area contributed by atoms with Crippen molar-refractivity contribution >= 4 is 54.4 Å². The third-order valence-corrected chi connectivity index (χ3v) is 3.49. The second-order valence-electron chi connectivity index (χ2n) is 2.65. The van der Waals surface area contributed by atoms with E-state index in [1.807, 2.05) is 5.80 Å².